The molecule has 22 heavy (non-hydrogen) atoms. The number of halogens is 3. The third kappa shape index (κ3) is 2.60. The zero-order valence-electron chi connectivity index (χ0n) is 11.9. The molecule has 0 fully saturated rings. The molecule has 0 radical (unpaired) electrons. The van der Waals surface area contributed by atoms with Crippen LogP contribution < -0.4 is 0 Å². The molecule has 2 rings (SSSR count). The Labute approximate surface area is 124 Å². The molecule has 5 nitrogen and oxygen atoms in total. The van der Waals surface area contributed by atoms with Crippen LogP contribution in [-0.4, -0.2) is 46.2 Å². The number of hydrogen-bond donors (Lipinski definition) is 2. The maximum absolute atomic E-state index is 13.4. The van der Waals surface area contributed by atoms with Crippen LogP contribution in [0.25, 0.3) is 0 Å². The second-order valence-corrected chi connectivity index (χ2v) is 5.38. The van der Waals surface area contributed by atoms with E-state index in [2.05, 4.69) is 5.10 Å². The van der Waals surface area contributed by atoms with Gasteiger partial charge in [0.2, 0.25) is 0 Å². The number of hydrogen-bond acceptors (Lipinski definition) is 4. The van der Waals surface area contributed by atoms with E-state index in [1.54, 1.807) is 0 Å². The summed E-state index contributed by atoms with van der Waals surface area (Å²) in [5.74, 6) is -1.29. The molecule has 0 bridgehead atoms. The van der Waals surface area contributed by atoms with Crippen LogP contribution in [0.4, 0.5) is 13.2 Å². The summed E-state index contributed by atoms with van der Waals surface area (Å²) in [6.07, 6.45) is -5.18. The molecule has 8 heteroatoms. The van der Waals surface area contributed by atoms with E-state index in [9.17, 15) is 23.1 Å². The Morgan fingerprint density at radius 2 is 1.91 bits per heavy atom. The van der Waals surface area contributed by atoms with Gasteiger partial charge >= 0.3 is 12.1 Å². The number of likely N-dealkylation sites (N-methyl/N-ethyl adjacent to an activating group) is 1. The van der Waals surface area contributed by atoms with Gasteiger partial charge in [-0.25, -0.2) is 0 Å². The third-order valence-corrected chi connectivity index (χ3v) is 3.97. The normalized spacial score (nSPS) is 25.2. The quantitative estimate of drug-likeness (QED) is 0.898. The lowest BCUT2D eigenvalue weighted by atomic mass is 9.71. The summed E-state index contributed by atoms with van der Waals surface area (Å²) in [6, 6.07) is 4.26. The summed E-state index contributed by atoms with van der Waals surface area (Å²) in [4.78, 5) is 11.0. The first-order valence-corrected chi connectivity index (χ1v) is 6.47. The maximum Gasteiger partial charge on any atom is 0.432 e. The second-order valence-electron chi connectivity index (χ2n) is 5.38. The Hall–Kier alpha value is -2.25. The summed E-state index contributed by atoms with van der Waals surface area (Å²) in [6.45, 7) is 1.32. The molecule has 0 saturated heterocycles. The van der Waals surface area contributed by atoms with Gasteiger partial charge in [0.15, 0.2) is 5.71 Å². The lowest BCUT2D eigenvalue weighted by Gasteiger charge is -2.34. The number of phenolic OH excluding ortho intramolecular Hbond substituents is 1. The van der Waals surface area contributed by atoms with Crippen molar-refractivity contribution in [2.75, 3.05) is 7.05 Å². The predicted molar refractivity (Wildman–Crippen MR) is 72.8 cm³/mol. The van der Waals surface area contributed by atoms with E-state index in [1.165, 1.54) is 38.2 Å². The summed E-state index contributed by atoms with van der Waals surface area (Å²) < 4.78 is 40.1. The summed E-state index contributed by atoms with van der Waals surface area (Å²) in [7, 11) is 1.32. The van der Waals surface area contributed by atoms with Gasteiger partial charge in [-0.05, 0) is 24.6 Å². The first-order chi connectivity index (χ1) is 10.1. The number of carbonyl (C=O) groups is 1. The van der Waals surface area contributed by atoms with Crippen LogP contribution in [0.2, 0.25) is 0 Å². The number of carboxylic acids is 1. The van der Waals surface area contributed by atoms with Crippen molar-refractivity contribution in [3.05, 3.63) is 29.8 Å². The molecule has 1 aliphatic heterocycles. The van der Waals surface area contributed by atoms with Crippen LogP contribution in [0.15, 0.2) is 29.4 Å². The average molecular weight is 316 g/mol. The van der Waals surface area contributed by atoms with Crippen molar-refractivity contribution in [2.45, 2.75) is 31.0 Å². The number of rotatable bonds is 3. The minimum atomic E-state index is -4.69. The zero-order valence-corrected chi connectivity index (χ0v) is 11.9. The van der Waals surface area contributed by atoms with Crippen LogP contribution >= 0.6 is 0 Å². The van der Waals surface area contributed by atoms with Gasteiger partial charge in [-0.2, -0.15) is 18.3 Å². The summed E-state index contributed by atoms with van der Waals surface area (Å²) in [5, 5.41) is 22.9. The average Bonchev–Trinajstić information content (AvgIpc) is 2.64. The minimum absolute atomic E-state index is 0.0843. The predicted octanol–water partition coefficient (Wildman–Crippen LogP) is 2.36. The van der Waals surface area contributed by atoms with Gasteiger partial charge in [0, 0.05) is 7.05 Å². The van der Waals surface area contributed by atoms with Gasteiger partial charge in [0.1, 0.15) is 5.75 Å². The van der Waals surface area contributed by atoms with E-state index in [4.69, 9.17) is 5.11 Å². The highest BCUT2D eigenvalue weighted by Crippen LogP contribution is 2.44. The fourth-order valence-electron chi connectivity index (χ4n) is 2.85. The van der Waals surface area contributed by atoms with E-state index >= 15 is 0 Å². The largest absolute Gasteiger partial charge is 0.508 e. The van der Waals surface area contributed by atoms with Crippen LogP contribution in [0.5, 0.6) is 5.75 Å². The van der Waals surface area contributed by atoms with Crippen molar-refractivity contribution in [2.24, 2.45) is 5.10 Å². The van der Waals surface area contributed by atoms with E-state index in [1.807, 2.05) is 0 Å². The molecule has 0 aliphatic carbocycles. The fraction of sp³-hybridized carbons (Fsp3) is 0.429. The zero-order chi connectivity index (χ0) is 16.7. The van der Waals surface area contributed by atoms with E-state index < -0.39 is 35.7 Å². The van der Waals surface area contributed by atoms with Crippen molar-refractivity contribution in [3.63, 3.8) is 0 Å². The van der Waals surface area contributed by atoms with Crippen molar-refractivity contribution >= 4 is 11.7 Å². The smallest absolute Gasteiger partial charge is 0.432 e. The van der Waals surface area contributed by atoms with E-state index in [-0.39, 0.29) is 11.3 Å². The van der Waals surface area contributed by atoms with Gasteiger partial charge in [0.05, 0.1) is 17.9 Å². The Balaban J connectivity index is 2.58. The third-order valence-electron chi connectivity index (χ3n) is 3.97. The summed E-state index contributed by atoms with van der Waals surface area (Å²) in [5.41, 5.74) is -2.43. The Morgan fingerprint density at radius 3 is 2.36 bits per heavy atom. The highest BCUT2D eigenvalue weighted by molar-refractivity contribution is 6.01. The van der Waals surface area contributed by atoms with Crippen molar-refractivity contribution < 1.29 is 28.2 Å². The Morgan fingerprint density at radius 1 is 1.36 bits per heavy atom. The number of aromatic hydroxyl groups is 1. The number of aliphatic carboxylic acids is 1. The number of phenols is 1. The molecule has 2 N–H and O–H groups in total. The maximum atomic E-state index is 13.4. The molecular formula is C14H15F3N2O3. The molecule has 0 spiro atoms. The molecule has 1 heterocycles. The molecule has 1 aromatic carbocycles. The number of benzene rings is 1. The standard InChI is InChI=1S/C14H15F3N2O3/c1-13(8-3-5-9(20)6-4-8)10(7-11(21)22)19(2)18-12(13)14(15,16)17/h3-6,10,20H,7H2,1-2H3,(H,21,22)/t10-,13-/m0/s1. The number of alkyl halides is 3. The van der Waals surface area contributed by atoms with Gasteiger partial charge in [0.25, 0.3) is 0 Å². The van der Waals surface area contributed by atoms with E-state index in [0.29, 0.717) is 0 Å². The van der Waals surface area contributed by atoms with E-state index in [0.717, 1.165) is 5.01 Å². The molecule has 2 atom stereocenters. The first-order valence-electron chi connectivity index (χ1n) is 6.47. The first kappa shape index (κ1) is 16.1. The van der Waals surface area contributed by atoms with Gasteiger partial charge in [-0.15, -0.1) is 0 Å². The van der Waals surface area contributed by atoms with Gasteiger partial charge in [-0.3, -0.25) is 9.80 Å². The molecule has 1 aliphatic rings. The van der Waals surface area contributed by atoms with Crippen molar-refractivity contribution in [3.8, 4) is 5.75 Å². The fourth-order valence-corrected chi connectivity index (χ4v) is 2.85. The SMILES string of the molecule is CN1N=C(C(F)(F)F)[C@@](C)(c2ccc(O)cc2)[C@@H]1CC(=O)O. The second kappa shape index (κ2) is 5.19. The monoisotopic (exact) mass is 316 g/mol. The number of nitrogens with zero attached hydrogens (tertiary/aromatic N) is 2. The molecule has 0 aromatic heterocycles. The molecule has 0 saturated carbocycles. The lowest BCUT2D eigenvalue weighted by Crippen LogP contribution is -2.49. The van der Waals surface area contributed by atoms with Crippen LogP contribution in [0.1, 0.15) is 18.9 Å². The topological polar surface area (TPSA) is 73.1 Å². The molecule has 1 aromatic rings. The minimum Gasteiger partial charge on any atom is -0.508 e. The summed E-state index contributed by atoms with van der Waals surface area (Å²) >= 11 is 0. The molecular weight excluding hydrogens is 301 g/mol. The highest BCUT2D eigenvalue weighted by atomic mass is 19.4. The highest BCUT2D eigenvalue weighted by Gasteiger charge is 2.58. The molecule has 0 amide bonds. The van der Waals surface area contributed by atoms with Crippen molar-refractivity contribution in [1.29, 1.82) is 0 Å². The Kier molecular flexibility index (Phi) is 3.80. The van der Waals surface area contributed by atoms with Crippen LogP contribution in [0, 0.1) is 0 Å². The van der Waals surface area contributed by atoms with Crippen molar-refractivity contribution in [1.82, 2.24) is 5.01 Å². The van der Waals surface area contributed by atoms with Crippen LogP contribution in [0.3, 0.4) is 0 Å². The molecule has 120 valence electrons. The number of carboxylic acid groups (broad SMARTS) is 1. The molecule has 0 unspecified atom stereocenters. The van der Waals surface area contributed by atoms with Gasteiger partial charge < -0.3 is 10.2 Å². The Bertz CT molecular complexity index is 613. The number of hydrazone groups is 1. The lowest BCUT2D eigenvalue weighted by molar-refractivity contribution is -0.138. The van der Waals surface area contributed by atoms with Gasteiger partial charge in [-0.1, -0.05) is 12.1 Å². The van der Waals surface area contributed by atoms with Crippen LogP contribution in [-0.2, 0) is 10.2 Å².